The second-order valence-electron chi connectivity index (χ2n) is 21.1. The third-order valence-electron chi connectivity index (χ3n) is 15.1. The predicted octanol–water partition coefficient (Wildman–Crippen LogP) is 8.05. The Balaban J connectivity index is 0.000000167. The number of hydrogen-bond acceptors (Lipinski definition) is 14. The molecular formula is C58H71FN10O6. The summed E-state index contributed by atoms with van der Waals surface area (Å²) in [7, 11) is 5.73. The smallest absolute Gasteiger partial charge is 0.318 e. The number of hydrogen-bond donors (Lipinski definition) is 3. The predicted molar refractivity (Wildman–Crippen MR) is 291 cm³/mol. The van der Waals surface area contributed by atoms with Gasteiger partial charge < -0.3 is 44.6 Å². The fraction of sp³-hybridized carbons (Fsp3) is 0.448. The number of pyridine rings is 1. The number of fused-ring (bicyclic) bond motifs is 3. The molecule has 3 saturated heterocycles. The molecule has 0 aliphatic carbocycles. The Kier molecular flexibility index (Phi) is 16.4. The number of aromatic hydroxyl groups is 3. The monoisotopic (exact) mass is 1020 g/mol. The average molecular weight is 1020 g/mol. The third-order valence-corrected chi connectivity index (χ3v) is 15.1. The van der Waals surface area contributed by atoms with Crippen LogP contribution in [0.5, 0.6) is 23.3 Å². The lowest BCUT2D eigenvalue weighted by Gasteiger charge is -2.37. The van der Waals surface area contributed by atoms with Gasteiger partial charge in [-0.3, -0.25) is 24.5 Å². The minimum absolute atomic E-state index is 0.0103. The second-order valence-corrected chi connectivity index (χ2v) is 21.1. The molecule has 1 atom stereocenters. The number of carbonyl (C=O) groups is 2. The molecule has 6 aromatic rings. The first-order chi connectivity index (χ1) is 36.1. The number of aromatic nitrogens is 3. The maximum absolute atomic E-state index is 15.8. The molecule has 16 nitrogen and oxygen atoms in total. The molecule has 396 valence electrons. The molecule has 75 heavy (non-hydrogen) atoms. The van der Waals surface area contributed by atoms with Gasteiger partial charge in [-0.05, 0) is 130 Å². The molecular weight excluding hydrogens is 952 g/mol. The Morgan fingerprint density at radius 3 is 2.21 bits per heavy atom. The fourth-order valence-corrected chi connectivity index (χ4v) is 10.8. The van der Waals surface area contributed by atoms with Gasteiger partial charge in [0.05, 0.1) is 30.6 Å². The van der Waals surface area contributed by atoms with Crippen LogP contribution in [-0.2, 0) is 24.4 Å². The Labute approximate surface area is 439 Å². The molecule has 0 saturated carbocycles. The van der Waals surface area contributed by atoms with Gasteiger partial charge in [-0.25, -0.2) is 4.39 Å². The van der Waals surface area contributed by atoms with Crippen LogP contribution in [0.15, 0.2) is 77.9 Å². The third kappa shape index (κ3) is 12.1. The van der Waals surface area contributed by atoms with E-state index in [1.807, 2.05) is 56.2 Å². The number of phenolic OH excluding ortho intramolecular Hbond substituents is 3. The summed E-state index contributed by atoms with van der Waals surface area (Å²) in [5.41, 5.74) is 5.09. The van der Waals surface area contributed by atoms with Gasteiger partial charge in [0, 0.05) is 82.3 Å². The highest BCUT2D eigenvalue weighted by Gasteiger charge is 2.32. The highest BCUT2D eigenvalue weighted by Crippen LogP contribution is 2.38. The van der Waals surface area contributed by atoms with Crippen LogP contribution in [-0.4, -0.2) is 165 Å². The van der Waals surface area contributed by atoms with Gasteiger partial charge in [0.25, 0.3) is 5.91 Å². The number of phenols is 3. The van der Waals surface area contributed by atoms with E-state index >= 15 is 4.39 Å². The Morgan fingerprint density at radius 2 is 1.52 bits per heavy atom. The number of methoxy groups -OCH3 is 1. The minimum Gasteiger partial charge on any atom is -0.508 e. The van der Waals surface area contributed by atoms with E-state index in [9.17, 15) is 24.9 Å². The molecule has 3 fully saturated rings. The van der Waals surface area contributed by atoms with E-state index in [2.05, 4.69) is 71.8 Å². The number of halogens is 1. The van der Waals surface area contributed by atoms with Crippen LogP contribution in [0, 0.1) is 11.7 Å². The number of nitrogens with zero attached hydrogens (tertiary/aromatic N) is 10. The largest absolute Gasteiger partial charge is 0.508 e. The zero-order valence-electron chi connectivity index (χ0n) is 44.2. The summed E-state index contributed by atoms with van der Waals surface area (Å²) in [6.45, 7) is 17.0. The van der Waals surface area contributed by atoms with Crippen molar-refractivity contribution in [3.05, 3.63) is 107 Å². The first-order valence-electron chi connectivity index (χ1n) is 26.4. The zero-order valence-corrected chi connectivity index (χ0v) is 44.2. The van der Waals surface area contributed by atoms with Gasteiger partial charge in [0.15, 0.2) is 5.82 Å². The summed E-state index contributed by atoms with van der Waals surface area (Å²) in [6.07, 6.45) is 8.05. The first-order valence-corrected chi connectivity index (χ1v) is 26.4. The van der Waals surface area contributed by atoms with E-state index in [-0.39, 0.29) is 63.8 Å². The number of rotatable bonds is 8. The molecule has 0 spiro atoms. The van der Waals surface area contributed by atoms with E-state index in [1.54, 1.807) is 23.2 Å². The second kappa shape index (κ2) is 23.3. The van der Waals surface area contributed by atoms with Crippen LogP contribution < -0.4 is 9.64 Å². The molecule has 0 radical (unpaired) electrons. The Morgan fingerprint density at radius 1 is 0.800 bits per heavy atom. The Bertz CT molecular complexity index is 3060. The highest BCUT2D eigenvalue weighted by molar-refractivity contribution is 6.00. The van der Waals surface area contributed by atoms with Crippen LogP contribution in [0.25, 0.3) is 32.9 Å². The summed E-state index contributed by atoms with van der Waals surface area (Å²) in [4.78, 5) is 56.7. The summed E-state index contributed by atoms with van der Waals surface area (Å²) in [5.74, 6) is 0.107. The van der Waals surface area contributed by atoms with Crippen molar-refractivity contribution in [2.24, 2.45) is 10.9 Å². The van der Waals surface area contributed by atoms with Crippen molar-refractivity contribution >= 4 is 45.5 Å². The molecule has 11 rings (SSSR count). The lowest BCUT2D eigenvalue weighted by Crippen LogP contribution is -2.50. The Hall–Kier alpha value is -6.95. The standard InChI is InChI=1S/C30H40N4O4.C23H20FN5O2.C5H11N/c1-20(2)25-15-26(28(36)16-27(25)35)30(38)34-18-23-5-4-21(14-24(23)19-34)17-32-8-6-22(7-9-32)29(37)33-12-10-31(3)11-13-33;1-13-12-29(8-7-25-13)22-18-11-26-20(19(24)21(18)27-23(28-22)31-2)17-10-15(30)9-14-5-3-4-6-16(14)17;1-6-4-2-3-5-6/h4-5,14-16,20,22,35-36H,6-13,17-19H2,1-3H3;3-7,9-11,13,30H,8,12H2,1-2H3;2-5H2,1H3. The number of piperazine rings is 1. The number of amides is 2. The van der Waals surface area contributed by atoms with Gasteiger partial charge in [0.2, 0.25) is 5.91 Å². The van der Waals surface area contributed by atoms with Crippen LogP contribution in [0.2, 0.25) is 0 Å². The fourth-order valence-electron chi connectivity index (χ4n) is 10.8. The quantitative estimate of drug-likeness (QED) is 0.134. The maximum Gasteiger partial charge on any atom is 0.318 e. The molecule has 2 amide bonds. The number of aliphatic imine (C=N–C) groups is 1. The molecule has 2 aromatic heterocycles. The molecule has 7 heterocycles. The highest BCUT2D eigenvalue weighted by atomic mass is 19.1. The van der Waals surface area contributed by atoms with E-state index in [1.165, 1.54) is 50.7 Å². The first kappa shape index (κ1) is 52.9. The normalized spacial score (nSPS) is 18.5. The molecule has 1 unspecified atom stereocenters. The number of piperidine rings is 1. The average Bonchev–Trinajstić information content (AvgIpc) is 4.09. The minimum atomic E-state index is -0.589. The van der Waals surface area contributed by atoms with Crippen molar-refractivity contribution in [1.82, 2.24) is 39.5 Å². The topological polar surface area (TPSA) is 175 Å². The van der Waals surface area contributed by atoms with Gasteiger partial charge in [-0.1, -0.05) is 56.3 Å². The van der Waals surface area contributed by atoms with E-state index in [4.69, 9.17) is 4.74 Å². The van der Waals surface area contributed by atoms with Crippen LogP contribution in [0.1, 0.15) is 85.0 Å². The number of likely N-dealkylation sites (N-methyl/N-ethyl adjacent to an activating group) is 1. The number of benzene rings is 4. The van der Waals surface area contributed by atoms with E-state index < -0.39 is 5.82 Å². The van der Waals surface area contributed by atoms with Gasteiger partial charge in [0.1, 0.15) is 34.3 Å². The molecule has 4 aromatic carbocycles. The van der Waals surface area contributed by atoms with Crippen molar-refractivity contribution in [2.75, 3.05) is 91.6 Å². The number of anilines is 1. The summed E-state index contributed by atoms with van der Waals surface area (Å²) >= 11 is 0. The lowest BCUT2D eigenvalue weighted by molar-refractivity contribution is -0.138. The SMILES string of the molecule is CC(C)c1cc(C(=O)N2Cc3ccc(CN4CCC(C(=O)N5CCN(C)CC5)CC4)cc3C2)c(O)cc1O.CN1CCCC1.COc1nc(N2CC=NC(C)C2)c2cnc(-c3cc(O)cc4ccccc34)c(F)c2n1. The van der Waals surface area contributed by atoms with Crippen molar-refractivity contribution in [2.45, 2.75) is 78.0 Å². The van der Waals surface area contributed by atoms with Gasteiger partial charge in [-0.2, -0.15) is 9.97 Å². The number of likely N-dealkylation sites (tertiary alicyclic amines) is 2. The molecule has 0 bridgehead atoms. The van der Waals surface area contributed by atoms with Gasteiger partial charge in [-0.15, -0.1) is 0 Å². The van der Waals surface area contributed by atoms with Crippen LogP contribution in [0.4, 0.5) is 10.2 Å². The summed E-state index contributed by atoms with van der Waals surface area (Å²) < 4.78 is 21.1. The van der Waals surface area contributed by atoms with Crippen molar-refractivity contribution < 1.29 is 34.0 Å². The molecule has 17 heteroatoms. The number of carbonyl (C=O) groups excluding carboxylic acids is 2. The van der Waals surface area contributed by atoms with E-state index in [0.29, 0.717) is 54.4 Å². The van der Waals surface area contributed by atoms with Crippen molar-refractivity contribution in [3.63, 3.8) is 0 Å². The maximum atomic E-state index is 15.8. The molecule has 5 aliphatic rings. The molecule has 3 N–H and O–H groups in total. The van der Waals surface area contributed by atoms with Crippen molar-refractivity contribution in [1.29, 1.82) is 0 Å². The number of ether oxygens (including phenoxy) is 1. The molecule has 5 aliphatic heterocycles. The lowest BCUT2D eigenvalue weighted by atomic mass is 9.94. The summed E-state index contributed by atoms with van der Waals surface area (Å²) in [6, 6.07) is 20.1. The zero-order chi connectivity index (χ0) is 52.9. The van der Waals surface area contributed by atoms with Gasteiger partial charge >= 0.3 is 6.01 Å². The van der Waals surface area contributed by atoms with E-state index in [0.717, 1.165) is 80.6 Å². The van der Waals surface area contributed by atoms with Crippen molar-refractivity contribution in [3.8, 4) is 34.5 Å². The summed E-state index contributed by atoms with van der Waals surface area (Å²) in [5, 5.41) is 32.8. The van der Waals surface area contributed by atoms with Crippen LogP contribution in [0.3, 0.4) is 0 Å². The van der Waals surface area contributed by atoms with Crippen LogP contribution >= 0.6 is 0 Å².